The molecule has 2 amide bonds. The standard InChI is InChI=1S/C18H17N3O4S2/c1-16(8-19)7-18-15(23)20(3)17(2,26-27-18)14(22)21(18)13(16)10-4-5-11-12(6-10)25-9-24-11/h4-6,13H,7,9H2,1-3H3/t13?,16-,17?,18-/m1/s1. The Morgan fingerprint density at radius 2 is 1.93 bits per heavy atom. The van der Waals surface area contributed by atoms with E-state index in [0.29, 0.717) is 11.5 Å². The van der Waals surface area contributed by atoms with Crippen molar-refractivity contribution in [3.8, 4) is 17.6 Å². The van der Waals surface area contributed by atoms with Gasteiger partial charge in [0.15, 0.2) is 21.2 Å². The average Bonchev–Trinajstić information content (AvgIpc) is 3.23. The summed E-state index contributed by atoms with van der Waals surface area (Å²) in [5.74, 6) is 0.998. The largest absolute Gasteiger partial charge is 0.454 e. The van der Waals surface area contributed by atoms with Crippen LogP contribution in [0.15, 0.2) is 18.2 Å². The molecule has 7 nitrogen and oxygen atoms in total. The molecule has 9 heteroatoms. The zero-order valence-corrected chi connectivity index (χ0v) is 16.6. The number of rotatable bonds is 1. The van der Waals surface area contributed by atoms with Gasteiger partial charge in [0, 0.05) is 13.5 Å². The maximum atomic E-state index is 13.5. The lowest BCUT2D eigenvalue weighted by molar-refractivity contribution is -0.164. The molecule has 5 aliphatic rings. The molecule has 0 aliphatic carbocycles. The fourth-order valence-electron chi connectivity index (χ4n) is 4.50. The second-order valence-corrected chi connectivity index (χ2v) is 10.5. The first-order valence-electron chi connectivity index (χ1n) is 8.56. The van der Waals surface area contributed by atoms with E-state index in [9.17, 15) is 14.9 Å². The third-order valence-electron chi connectivity index (χ3n) is 6.06. The first-order valence-corrected chi connectivity index (χ1v) is 10.7. The number of ether oxygens (including phenoxy) is 2. The van der Waals surface area contributed by atoms with E-state index in [1.807, 2.05) is 19.1 Å². The molecule has 0 saturated carbocycles. The topological polar surface area (TPSA) is 82.9 Å². The number of carbonyl (C=O) groups excluding carboxylic acids is 2. The highest BCUT2D eigenvalue weighted by atomic mass is 33.1. The van der Waals surface area contributed by atoms with Crippen LogP contribution < -0.4 is 9.47 Å². The molecule has 0 N–H and O–H groups in total. The number of amides is 2. The van der Waals surface area contributed by atoms with Crippen molar-refractivity contribution in [3.05, 3.63) is 23.8 Å². The minimum atomic E-state index is -1.06. The summed E-state index contributed by atoms with van der Waals surface area (Å²) in [4.78, 5) is 27.9. The van der Waals surface area contributed by atoms with E-state index < -0.39 is 21.2 Å². The molecule has 2 unspecified atom stereocenters. The Hall–Kier alpha value is -2.05. The van der Waals surface area contributed by atoms with Crippen LogP contribution in [-0.2, 0) is 9.59 Å². The highest BCUT2D eigenvalue weighted by molar-refractivity contribution is 8.78. The van der Waals surface area contributed by atoms with E-state index >= 15 is 0 Å². The van der Waals surface area contributed by atoms with Crippen molar-refractivity contribution in [2.45, 2.75) is 36.1 Å². The Morgan fingerprint density at radius 3 is 2.67 bits per heavy atom. The third-order valence-corrected chi connectivity index (χ3v) is 9.76. The summed E-state index contributed by atoms with van der Waals surface area (Å²) in [6.45, 7) is 3.75. The van der Waals surface area contributed by atoms with Crippen molar-refractivity contribution in [1.82, 2.24) is 9.80 Å². The number of nitrogens with zero attached hydrogens (tertiary/aromatic N) is 3. The Kier molecular flexibility index (Phi) is 3.20. The number of hydrogen-bond acceptors (Lipinski definition) is 7. The van der Waals surface area contributed by atoms with Gasteiger partial charge in [0.2, 0.25) is 6.79 Å². The lowest BCUT2D eigenvalue weighted by Crippen LogP contribution is -2.73. The Labute approximate surface area is 164 Å². The second kappa shape index (κ2) is 5.06. The molecule has 27 heavy (non-hydrogen) atoms. The minimum Gasteiger partial charge on any atom is -0.454 e. The van der Waals surface area contributed by atoms with Gasteiger partial charge in [-0.05, 0) is 31.5 Å². The number of hydrogen-bond donors (Lipinski definition) is 0. The summed E-state index contributed by atoms with van der Waals surface area (Å²) < 4.78 is 10.9. The molecule has 140 valence electrons. The maximum Gasteiger partial charge on any atom is 0.261 e. The van der Waals surface area contributed by atoms with Gasteiger partial charge < -0.3 is 19.3 Å². The molecule has 5 aliphatic heterocycles. The minimum absolute atomic E-state index is 0.113. The van der Waals surface area contributed by atoms with Crippen LogP contribution >= 0.6 is 21.6 Å². The van der Waals surface area contributed by atoms with Crippen molar-refractivity contribution in [2.24, 2.45) is 5.41 Å². The molecular weight excluding hydrogens is 386 g/mol. The van der Waals surface area contributed by atoms with Gasteiger partial charge in [-0.2, -0.15) is 5.26 Å². The lowest BCUT2D eigenvalue weighted by Gasteiger charge is -2.57. The van der Waals surface area contributed by atoms with Crippen molar-refractivity contribution in [2.75, 3.05) is 13.8 Å². The van der Waals surface area contributed by atoms with E-state index in [-0.39, 0.29) is 25.0 Å². The van der Waals surface area contributed by atoms with Crippen molar-refractivity contribution in [3.63, 3.8) is 0 Å². The molecule has 0 aromatic heterocycles. The van der Waals surface area contributed by atoms with Crippen LogP contribution in [0.25, 0.3) is 0 Å². The molecule has 5 heterocycles. The van der Waals surface area contributed by atoms with Gasteiger partial charge in [0.05, 0.1) is 17.5 Å². The van der Waals surface area contributed by atoms with Crippen molar-refractivity contribution in [1.29, 1.82) is 5.26 Å². The van der Waals surface area contributed by atoms with Crippen LogP contribution in [0.5, 0.6) is 11.5 Å². The van der Waals surface area contributed by atoms with Gasteiger partial charge in [-0.3, -0.25) is 9.59 Å². The second-order valence-electron chi connectivity index (χ2n) is 7.69. The Morgan fingerprint density at radius 1 is 1.19 bits per heavy atom. The van der Waals surface area contributed by atoms with Gasteiger partial charge in [-0.1, -0.05) is 27.7 Å². The number of likely N-dealkylation sites (N-methyl/N-ethyl adjacent to an activating group) is 1. The van der Waals surface area contributed by atoms with Crippen LogP contribution in [0.2, 0.25) is 0 Å². The quantitative estimate of drug-likeness (QED) is 0.666. The molecule has 2 bridgehead atoms. The summed E-state index contributed by atoms with van der Waals surface area (Å²) in [6, 6.07) is 7.35. The molecule has 1 aromatic carbocycles. The third kappa shape index (κ3) is 1.85. The fourth-order valence-corrected chi connectivity index (χ4v) is 8.08. The number of benzene rings is 1. The first-order chi connectivity index (χ1) is 12.8. The summed E-state index contributed by atoms with van der Waals surface area (Å²) >= 11 is 0. The normalized spacial score (nSPS) is 39.0. The number of fused-ring (bicyclic) bond motifs is 3. The van der Waals surface area contributed by atoms with Gasteiger partial charge in [0.1, 0.15) is 0 Å². The summed E-state index contributed by atoms with van der Waals surface area (Å²) in [5.41, 5.74) is -0.117. The Bertz CT molecular complexity index is 949. The van der Waals surface area contributed by atoms with Crippen LogP contribution in [0, 0.1) is 16.7 Å². The molecule has 6 rings (SSSR count). The molecule has 0 radical (unpaired) electrons. The van der Waals surface area contributed by atoms with E-state index in [4.69, 9.17) is 9.47 Å². The van der Waals surface area contributed by atoms with Crippen LogP contribution in [-0.4, -0.2) is 45.2 Å². The Balaban J connectivity index is 1.71. The van der Waals surface area contributed by atoms with E-state index in [1.165, 1.54) is 26.5 Å². The molecular formula is C18H17N3O4S2. The summed E-state index contributed by atoms with van der Waals surface area (Å²) in [6.07, 6.45) is 0.290. The van der Waals surface area contributed by atoms with E-state index in [0.717, 1.165) is 5.56 Å². The summed E-state index contributed by atoms with van der Waals surface area (Å²) in [5, 5.41) is 10.0. The van der Waals surface area contributed by atoms with Crippen LogP contribution in [0.4, 0.5) is 0 Å². The van der Waals surface area contributed by atoms with E-state index in [2.05, 4.69) is 6.07 Å². The predicted octanol–water partition coefficient (Wildman–Crippen LogP) is 2.50. The zero-order chi connectivity index (χ0) is 19.2. The smallest absolute Gasteiger partial charge is 0.261 e. The number of nitriles is 1. The number of carbonyl (C=O) groups is 2. The van der Waals surface area contributed by atoms with Crippen molar-refractivity contribution < 1.29 is 19.1 Å². The molecule has 1 spiro atoms. The maximum absolute atomic E-state index is 13.5. The SMILES string of the molecule is CN1C(=O)[C@]23C[C@](C)(C#N)C(c4ccc5c(c4)OCO5)N2C(=O)C1(C)SS3. The highest BCUT2D eigenvalue weighted by Crippen LogP contribution is 2.69. The van der Waals surface area contributed by atoms with E-state index in [1.54, 1.807) is 24.9 Å². The summed E-state index contributed by atoms with van der Waals surface area (Å²) in [7, 11) is 4.49. The van der Waals surface area contributed by atoms with Crippen LogP contribution in [0.3, 0.4) is 0 Å². The van der Waals surface area contributed by atoms with Crippen molar-refractivity contribution >= 4 is 33.4 Å². The lowest BCUT2D eigenvalue weighted by atomic mass is 9.79. The highest BCUT2D eigenvalue weighted by Gasteiger charge is 2.74. The van der Waals surface area contributed by atoms with Gasteiger partial charge in [-0.25, -0.2) is 0 Å². The average molecular weight is 403 g/mol. The van der Waals surface area contributed by atoms with Crippen LogP contribution in [0.1, 0.15) is 31.9 Å². The molecule has 1 aromatic rings. The number of piperazine rings is 1. The van der Waals surface area contributed by atoms with Gasteiger partial charge >= 0.3 is 0 Å². The fraction of sp³-hybridized carbons (Fsp3) is 0.500. The predicted molar refractivity (Wildman–Crippen MR) is 99.6 cm³/mol. The zero-order valence-electron chi connectivity index (χ0n) is 15.0. The first kappa shape index (κ1) is 17.1. The molecule has 4 atom stereocenters. The monoisotopic (exact) mass is 403 g/mol. The van der Waals surface area contributed by atoms with Gasteiger partial charge in [-0.15, -0.1) is 0 Å². The molecule has 4 saturated heterocycles. The van der Waals surface area contributed by atoms with Gasteiger partial charge in [0.25, 0.3) is 11.8 Å². The molecule has 4 fully saturated rings.